The molecule has 0 aliphatic carbocycles. The number of hydrogen-bond acceptors (Lipinski definition) is 6. The minimum absolute atomic E-state index is 0.153. The van der Waals surface area contributed by atoms with Gasteiger partial charge in [0.2, 0.25) is 21.7 Å². The molecule has 0 saturated carbocycles. The number of carbonyl (C=O) groups excluding carboxylic acids is 1. The van der Waals surface area contributed by atoms with Gasteiger partial charge in [-0.3, -0.25) is 14.9 Å². The fourth-order valence-electron chi connectivity index (χ4n) is 3.71. The molecule has 0 bridgehead atoms. The molecular weight excluding hydrogens is 451 g/mol. The van der Waals surface area contributed by atoms with Crippen molar-refractivity contribution in [1.29, 1.82) is 0 Å². The van der Waals surface area contributed by atoms with Gasteiger partial charge in [0, 0.05) is 37.9 Å². The van der Waals surface area contributed by atoms with Gasteiger partial charge in [-0.1, -0.05) is 30.3 Å². The van der Waals surface area contributed by atoms with Crippen LogP contribution in [-0.2, 0) is 14.8 Å². The first kappa shape index (κ1) is 22.6. The predicted octanol–water partition coefficient (Wildman–Crippen LogP) is 2.83. The molecule has 3 aromatic rings. The van der Waals surface area contributed by atoms with E-state index in [9.17, 15) is 27.7 Å². The highest BCUT2D eigenvalue weighted by atomic mass is 32.2. The maximum atomic E-state index is 13.4. The van der Waals surface area contributed by atoms with E-state index in [0.717, 1.165) is 22.9 Å². The molecule has 4 rings (SSSR count). The van der Waals surface area contributed by atoms with Crippen molar-refractivity contribution in [2.24, 2.45) is 0 Å². The normalized spacial score (nSPS) is 14.9. The van der Waals surface area contributed by atoms with E-state index in [1.165, 1.54) is 15.3 Å². The number of fused-ring (bicyclic) bond motifs is 1. The summed E-state index contributed by atoms with van der Waals surface area (Å²) in [6, 6.07) is 15.8. The monoisotopic (exact) mass is 472 g/mol. The summed E-state index contributed by atoms with van der Waals surface area (Å²) in [5.74, 6) is -1.25. The molecular formula is C22H21FN4O5S. The Labute approximate surface area is 189 Å². The molecule has 1 aliphatic heterocycles. The number of piperazine rings is 1. The molecule has 33 heavy (non-hydrogen) atoms. The van der Waals surface area contributed by atoms with Crippen LogP contribution < -0.4 is 5.32 Å². The Morgan fingerprint density at radius 1 is 1.00 bits per heavy atom. The Hall–Kier alpha value is -3.57. The molecule has 172 valence electrons. The molecule has 1 aliphatic rings. The van der Waals surface area contributed by atoms with Crippen molar-refractivity contribution in [3.05, 3.63) is 76.6 Å². The van der Waals surface area contributed by atoms with E-state index in [4.69, 9.17) is 0 Å². The fourth-order valence-corrected chi connectivity index (χ4v) is 5.16. The third-order valence-corrected chi connectivity index (χ3v) is 7.43. The van der Waals surface area contributed by atoms with Crippen LogP contribution in [0.3, 0.4) is 0 Å². The van der Waals surface area contributed by atoms with Gasteiger partial charge in [0.1, 0.15) is 0 Å². The summed E-state index contributed by atoms with van der Waals surface area (Å²) >= 11 is 0. The van der Waals surface area contributed by atoms with Crippen molar-refractivity contribution in [1.82, 2.24) is 9.21 Å². The lowest BCUT2D eigenvalue weighted by Gasteiger charge is -2.34. The zero-order valence-electron chi connectivity index (χ0n) is 17.5. The molecule has 11 heteroatoms. The van der Waals surface area contributed by atoms with Gasteiger partial charge < -0.3 is 10.2 Å². The van der Waals surface area contributed by atoms with E-state index in [-0.39, 0.29) is 49.2 Å². The minimum Gasteiger partial charge on any atom is -0.376 e. The number of rotatable bonds is 6. The molecule has 0 spiro atoms. The first-order valence-electron chi connectivity index (χ1n) is 10.2. The smallest absolute Gasteiger partial charge is 0.306 e. The third kappa shape index (κ3) is 4.78. The van der Waals surface area contributed by atoms with E-state index in [1.807, 2.05) is 24.3 Å². The number of sulfonamides is 1. The van der Waals surface area contributed by atoms with Crippen molar-refractivity contribution in [3.8, 4) is 0 Å². The van der Waals surface area contributed by atoms with Gasteiger partial charge >= 0.3 is 5.69 Å². The first-order chi connectivity index (χ1) is 15.8. The second kappa shape index (κ2) is 9.12. The average Bonchev–Trinajstić information content (AvgIpc) is 2.83. The second-order valence-electron chi connectivity index (χ2n) is 7.57. The van der Waals surface area contributed by atoms with Gasteiger partial charge in [-0.2, -0.15) is 8.70 Å². The highest BCUT2D eigenvalue weighted by Crippen LogP contribution is 2.24. The number of nitro benzene ring substituents is 1. The number of nitrogens with zero attached hydrogens (tertiary/aromatic N) is 3. The van der Waals surface area contributed by atoms with Gasteiger partial charge in [-0.05, 0) is 35.0 Å². The van der Waals surface area contributed by atoms with Gasteiger partial charge in [0.15, 0.2) is 0 Å². The third-order valence-electron chi connectivity index (χ3n) is 5.54. The van der Waals surface area contributed by atoms with E-state index in [2.05, 4.69) is 5.32 Å². The standard InChI is InChI=1S/C22H21FN4O5S/c23-20-8-6-18(14-21(20)27(29)30)24-15-22(28)25-9-11-26(12-10-25)33(31,32)19-7-5-16-3-1-2-4-17(16)13-19/h1-8,13-14,24H,9-12,15H2. The molecule has 0 unspecified atom stereocenters. The summed E-state index contributed by atoms with van der Waals surface area (Å²) in [7, 11) is -3.69. The van der Waals surface area contributed by atoms with Crippen LogP contribution in [0.15, 0.2) is 65.6 Å². The minimum atomic E-state index is -3.69. The summed E-state index contributed by atoms with van der Waals surface area (Å²) in [5, 5.41) is 15.4. The summed E-state index contributed by atoms with van der Waals surface area (Å²) in [5.41, 5.74) is -0.436. The predicted molar refractivity (Wildman–Crippen MR) is 121 cm³/mol. The van der Waals surface area contributed by atoms with Gasteiger partial charge in [-0.15, -0.1) is 0 Å². The summed E-state index contributed by atoms with van der Waals surface area (Å²) in [6.45, 7) is 0.597. The SMILES string of the molecule is O=C(CNc1ccc(F)c([N+](=O)[O-])c1)N1CCN(S(=O)(=O)c2ccc3ccccc3c2)CC1. The topological polar surface area (TPSA) is 113 Å². The highest BCUT2D eigenvalue weighted by Gasteiger charge is 2.30. The summed E-state index contributed by atoms with van der Waals surface area (Å²) in [6.07, 6.45) is 0. The lowest BCUT2D eigenvalue weighted by molar-refractivity contribution is -0.387. The van der Waals surface area contributed by atoms with Crippen LogP contribution >= 0.6 is 0 Å². The molecule has 0 atom stereocenters. The Kier molecular flexibility index (Phi) is 6.25. The van der Waals surface area contributed by atoms with Crippen LogP contribution in [0.5, 0.6) is 0 Å². The molecule has 0 aromatic heterocycles. The zero-order valence-corrected chi connectivity index (χ0v) is 18.3. The van der Waals surface area contributed by atoms with Gasteiger partial charge in [0.25, 0.3) is 0 Å². The Morgan fingerprint density at radius 2 is 1.70 bits per heavy atom. The van der Waals surface area contributed by atoms with Crippen molar-refractivity contribution in [2.45, 2.75) is 4.90 Å². The molecule has 9 nitrogen and oxygen atoms in total. The van der Waals surface area contributed by atoms with E-state index >= 15 is 0 Å². The summed E-state index contributed by atoms with van der Waals surface area (Å²) < 4.78 is 40.9. The highest BCUT2D eigenvalue weighted by molar-refractivity contribution is 7.89. The second-order valence-corrected chi connectivity index (χ2v) is 9.51. The van der Waals surface area contributed by atoms with Crippen LogP contribution in [-0.4, -0.2) is 61.2 Å². The van der Waals surface area contributed by atoms with Crippen molar-refractivity contribution >= 4 is 38.1 Å². The lowest BCUT2D eigenvalue weighted by atomic mass is 10.1. The van der Waals surface area contributed by atoms with Crippen LogP contribution in [0, 0.1) is 15.9 Å². The maximum Gasteiger partial charge on any atom is 0.306 e. The van der Waals surface area contributed by atoms with E-state index in [1.54, 1.807) is 18.2 Å². The molecule has 1 N–H and O–H groups in total. The summed E-state index contributed by atoms with van der Waals surface area (Å²) in [4.78, 5) is 24.3. The number of benzene rings is 3. The molecule has 0 radical (unpaired) electrons. The van der Waals surface area contributed by atoms with Crippen molar-refractivity contribution < 1.29 is 22.5 Å². The molecule has 1 saturated heterocycles. The molecule has 3 aromatic carbocycles. The van der Waals surface area contributed by atoms with Crippen molar-refractivity contribution in [2.75, 3.05) is 38.0 Å². The van der Waals surface area contributed by atoms with Crippen LogP contribution in [0.4, 0.5) is 15.8 Å². The zero-order chi connectivity index (χ0) is 23.6. The van der Waals surface area contributed by atoms with Crippen molar-refractivity contribution in [3.63, 3.8) is 0 Å². The Balaban J connectivity index is 1.36. The van der Waals surface area contributed by atoms with Gasteiger partial charge in [-0.25, -0.2) is 8.42 Å². The maximum absolute atomic E-state index is 13.4. The van der Waals surface area contributed by atoms with Crippen LogP contribution in [0.1, 0.15) is 0 Å². The lowest BCUT2D eigenvalue weighted by Crippen LogP contribution is -2.51. The number of nitro groups is 1. The Morgan fingerprint density at radius 3 is 2.39 bits per heavy atom. The first-order valence-corrected chi connectivity index (χ1v) is 11.6. The number of anilines is 1. The number of nitrogens with one attached hydrogen (secondary N) is 1. The number of hydrogen-bond donors (Lipinski definition) is 1. The fraction of sp³-hybridized carbons (Fsp3) is 0.227. The quantitative estimate of drug-likeness (QED) is 0.436. The van der Waals surface area contributed by atoms with E-state index < -0.39 is 26.5 Å². The largest absolute Gasteiger partial charge is 0.376 e. The van der Waals surface area contributed by atoms with Crippen LogP contribution in [0.2, 0.25) is 0 Å². The molecule has 1 heterocycles. The average molecular weight is 472 g/mol. The molecule has 1 fully saturated rings. The van der Waals surface area contributed by atoms with Crippen LogP contribution in [0.25, 0.3) is 10.8 Å². The number of amides is 1. The van der Waals surface area contributed by atoms with Gasteiger partial charge in [0.05, 0.1) is 16.4 Å². The van der Waals surface area contributed by atoms with E-state index in [0.29, 0.717) is 0 Å². The molecule has 1 amide bonds. The number of halogens is 1. The number of carbonyl (C=O) groups is 1. The Bertz CT molecular complexity index is 1320.